The van der Waals surface area contributed by atoms with E-state index in [1.165, 1.54) is 6.07 Å². The Kier molecular flexibility index (Phi) is 3.40. The highest BCUT2D eigenvalue weighted by atomic mass is 19.1. The predicted molar refractivity (Wildman–Crippen MR) is 83.0 cm³/mol. The van der Waals surface area contributed by atoms with E-state index in [1.54, 1.807) is 25.1 Å². The van der Waals surface area contributed by atoms with Gasteiger partial charge in [0.2, 0.25) is 0 Å². The second-order valence-electron chi connectivity index (χ2n) is 4.94. The Bertz CT molecular complexity index is 821. The zero-order valence-electron chi connectivity index (χ0n) is 11.6. The van der Waals surface area contributed by atoms with Gasteiger partial charge in [-0.2, -0.15) is 0 Å². The molecule has 0 saturated heterocycles. The fourth-order valence-corrected chi connectivity index (χ4v) is 2.29. The summed E-state index contributed by atoms with van der Waals surface area (Å²) in [7, 11) is 0. The molecule has 0 bridgehead atoms. The summed E-state index contributed by atoms with van der Waals surface area (Å²) in [5, 5.41) is 4.62. The van der Waals surface area contributed by atoms with Crippen LogP contribution >= 0.6 is 0 Å². The highest BCUT2D eigenvalue weighted by Crippen LogP contribution is 2.20. The number of rotatable bonds is 2. The lowest BCUT2D eigenvalue weighted by molar-refractivity contribution is 0.102. The van der Waals surface area contributed by atoms with Crippen molar-refractivity contribution in [3.8, 4) is 0 Å². The first kappa shape index (κ1) is 13.3. The molecule has 2 nitrogen and oxygen atoms in total. The van der Waals surface area contributed by atoms with E-state index in [0.717, 1.165) is 10.8 Å². The zero-order valence-corrected chi connectivity index (χ0v) is 11.6. The summed E-state index contributed by atoms with van der Waals surface area (Å²) >= 11 is 0. The summed E-state index contributed by atoms with van der Waals surface area (Å²) in [4.78, 5) is 12.4. The first-order valence-corrected chi connectivity index (χ1v) is 6.70. The van der Waals surface area contributed by atoms with Gasteiger partial charge in [0.1, 0.15) is 5.82 Å². The third kappa shape index (κ3) is 2.63. The Morgan fingerprint density at radius 1 is 1.00 bits per heavy atom. The minimum absolute atomic E-state index is 0.241. The lowest BCUT2D eigenvalue weighted by Gasteiger charge is -2.09. The van der Waals surface area contributed by atoms with Crippen LogP contribution in [0.25, 0.3) is 10.8 Å². The maximum absolute atomic E-state index is 13.5. The van der Waals surface area contributed by atoms with Crippen molar-refractivity contribution >= 4 is 22.4 Å². The zero-order chi connectivity index (χ0) is 14.8. The van der Waals surface area contributed by atoms with Crippen molar-refractivity contribution in [1.29, 1.82) is 0 Å². The second kappa shape index (κ2) is 5.37. The monoisotopic (exact) mass is 279 g/mol. The summed E-state index contributed by atoms with van der Waals surface area (Å²) < 4.78 is 13.5. The van der Waals surface area contributed by atoms with E-state index in [9.17, 15) is 9.18 Å². The largest absolute Gasteiger partial charge is 0.322 e. The molecule has 21 heavy (non-hydrogen) atoms. The number of hydrogen-bond donors (Lipinski definition) is 1. The smallest absolute Gasteiger partial charge is 0.256 e. The highest BCUT2D eigenvalue weighted by molar-refractivity contribution is 6.12. The van der Waals surface area contributed by atoms with E-state index in [-0.39, 0.29) is 11.7 Å². The second-order valence-corrected chi connectivity index (χ2v) is 4.94. The van der Waals surface area contributed by atoms with Gasteiger partial charge in [-0.05, 0) is 41.5 Å². The van der Waals surface area contributed by atoms with Gasteiger partial charge in [-0.1, -0.05) is 42.5 Å². The number of benzene rings is 3. The molecule has 1 amide bonds. The molecule has 104 valence electrons. The van der Waals surface area contributed by atoms with Crippen LogP contribution in [0.5, 0.6) is 0 Å². The number of amides is 1. The maximum Gasteiger partial charge on any atom is 0.256 e. The van der Waals surface area contributed by atoms with Crippen molar-refractivity contribution in [2.45, 2.75) is 6.92 Å². The van der Waals surface area contributed by atoms with Gasteiger partial charge >= 0.3 is 0 Å². The Morgan fingerprint density at radius 3 is 2.57 bits per heavy atom. The van der Waals surface area contributed by atoms with Crippen molar-refractivity contribution in [3.63, 3.8) is 0 Å². The summed E-state index contributed by atoms with van der Waals surface area (Å²) in [6, 6.07) is 17.9. The molecule has 3 aromatic carbocycles. The van der Waals surface area contributed by atoms with Gasteiger partial charge in [0.05, 0.1) is 0 Å². The average Bonchev–Trinajstić information content (AvgIpc) is 2.50. The number of carbonyl (C=O) groups is 1. The lowest BCUT2D eigenvalue weighted by atomic mass is 10.0. The molecule has 0 radical (unpaired) electrons. The first-order chi connectivity index (χ1) is 10.1. The molecule has 1 N–H and O–H groups in total. The van der Waals surface area contributed by atoms with Crippen LogP contribution in [0.2, 0.25) is 0 Å². The van der Waals surface area contributed by atoms with Crippen LogP contribution in [-0.4, -0.2) is 5.91 Å². The molecule has 3 rings (SSSR count). The van der Waals surface area contributed by atoms with E-state index in [2.05, 4.69) is 5.32 Å². The topological polar surface area (TPSA) is 29.1 Å². The van der Waals surface area contributed by atoms with Crippen LogP contribution < -0.4 is 5.32 Å². The van der Waals surface area contributed by atoms with Crippen LogP contribution in [0.4, 0.5) is 10.1 Å². The molecular formula is C18H14FNO. The third-order valence-electron chi connectivity index (χ3n) is 3.46. The molecule has 0 unspecified atom stereocenters. The van der Waals surface area contributed by atoms with E-state index in [0.29, 0.717) is 16.8 Å². The number of fused-ring (bicyclic) bond motifs is 1. The fourth-order valence-electron chi connectivity index (χ4n) is 2.29. The molecule has 0 fully saturated rings. The molecule has 3 aromatic rings. The van der Waals surface area contributed by atoms with Gasteiger partial charge in [0.25, 0.3) is 5.91 Å². The van der Waals surface area contributed by atoms with Crippen molar-refractivity contribution in [1.82, 2.24) is 0 Å². The Morgan fingerprint density at radius 2 is 1.76 bits per heavy atom. The fraction of sp³-hybridized carbons (Fsp3) is 0.0556. The first-order valence-electron chi connectivity index (χ1n) is 6.70. The quantitative estimate of drug-likeness (QED) is 0.733. The van der Waals surface area contributed by atoms with Crippen molar-refractivity contribution in [2.24, 2.45) is 0 Å². The molecule has 0 heterocycles. The summed E-state index contributed by atoms with van der Waals surface area (Å²) in [6.45, 7) is 1.69. The maximum atomic E-state index is 13.5. The molecular weight excluding hydrogens is 265 g/mol. The minimum Gasteiger partial charge on any atom is -0.322 e. The number of carbonyl (C=O) groups excluding carboxylic acids is 1. The number of nitrogens with one attached hydrogen (secondary N) is 1. The van der Waals surface area contributed by atoms with Crippen LogP contribution in [0, 0.1) is 12.7 Å². The Hall–Kier alpha value is -2.68. The van der Waals surface area contributed by atoms with E-state index >= 15 is 0 Å². The van der Waals surface area contributed by atoms with Crippen molar-refractivity contribution < 1.29 is 9.18 Å². The van der Waals surface area contributed by atoms with Crippen molar-refractivity contribution in [2.75, 3.05) is 5.32 Å². The van der Waals surface area contributed by atoms with Gasteiger partial charge in [-0.25, -0.2) is 4.39 Å². The predicted octanol–water partition coefficient (Wildman–Crippen LogP) is 4.54. The van der Waals surface area contributed by atoms with Crippen LogP contribution in [0.3, 0.4) is 0 Å². The van der Waals surface area contributed by atoms with Gasteiger partial charge in [-0.15, -0.1) is 0 Å². The van der Waals surface area contributed by atoms with E-state index in [4.69, 9.17) is 0 Å². The van der Waals surface area contributed by atoms with Crippen LogP contribution in [0.15, 0.2) is 60.7 Å². The summed E-state index contributed by atoms with van der Waals surface area (Å²) in [5.74, 6) is -0.569. The van der Waals surface area contributed by atoms with Gasteiger partial charge in [0.15, 0.2) is 0 Å². The number of anilines is 1. The van der Waals surface area contributed by atoms with E-state index < -0.39 is 0 Å². The Labute approximate surface area is 122 Å². The number of hydrogen-bond acceptors (Lipinski definition) is 1. The standard InChI is InChI=1S/C18H14FNO/c1-12-9-10-14(11-17(12)19)20-18(21)16-8-4-6-13-5-2-3-7-15(13)16/h2-11H,1H3,(H,20,21). The van der Waals surface area contributed by atoms with Crippen LogP contribution in [0.1, 0.15) is 15.9 Å². The molecule has 0 aliphatic rings. The van der Waals surface area contributed by atoms with Crippen LogP contribution in [-0.2, 0) is 0 Å². The summed E-state index contributed by atoms with van der Waals surface area (Å²) in [6.07, 6.45) is 0. The average molecular weight is 279 g/mol. The molecule has 0 atom stereocenters. The number of aryl methyl sites for hydroxylation is 1. The third-order valence-corrected chi connectivity index (χ3v) is 3.46. The van der Waals surface area contributed by atoms with Gasteiger partial charge < -0.3 is 5.32 Å². The van der Waals surface area contributed by atoms with E-state index in [1.807, 2.05) is 36.4 Å². The molecule has 0 spiro atoms. The normalized spacial score (nSPS) is 10.6. The molecule has 0 saturated carbocycles. The Balaban J connectivity index is 1.95. The molecule has 0 aliphatic heterocycles. The lowest BCUT2D eigenvalue weighted by Crippen LogP contribution is -2.12. The number of halogens is 1. The SMILES string of the molecule is Cc1ccc(NC(=O)c2cccc3ccccc23)cc1F. The molecule has 0 aliphatic carbocycles. The van der Waals surface area contributed by atoms with Crippen molar-refractivity contribution in [3.05, 3.63) is 77.6 Å². The molecule has 0 aromatic heterocycles. The van der Waals surface area contributed by atoms with Gasteiger partial charge in [-0.3, -0.25) is 4.79 Å². The summed E-state index contributed by atoms with van der Waals surface area (Å²) in [5.41, 5.74) is 1.59. The highest BCUT2D eigenvalue weighted by Gasteiger charge is 2.10. The van der Waals surface area contributed by atoms with Gasteiger partial charge in [0, 0.05) is 11.3 Å². The minimum atomic E-state index is -0.328. The molecule has 3 heteroatoms.